The van der Waals surface area contributed by atoms with Gasteiger partial charge in [0, 0.05) is 12.1 Å². The fourth-order valence-electron chi connectivity index (χ4n) is 2.65. The Labute approximate surface area is 120 Å². The van der Waals surface area contributed by atoms with Gasteiger partial charge in [-0.1, -0.05) is 0 Å². The van der Waals surface area contributed by atoms with E-state index in [-0.39, 0.29) is 12.0 Å². The van der Waals surface area contributed by atoms with E-state index in [0.29, 0.717) is 13.2 Å². The molecular weight excluding hydrogens is 252 g/mol. The molecule has 1 aliphatic carbocycles. The van der Waals surface area contributed by atoms with Crippen molar-refractivity contribution < 1.29 is 9.47 Å². The molecule has 0 aromatic heterocycles. The lowest BCUT2D eigenvalue weighted by molar-refractivity contribution is 0.331. The van der Waals surface area contributed by atoms with Crippen molar-refractivity contribution in [1.82, 2.24) is 0 Å². The van der Waals surface area contributed by atoms with Crippen LogP contribution in [0.15, 0.2) is 18.2 Å². The second-order valence-corrected chi connectivity index (χ2v) is 4.94. The van der Waals surface area contributed by atoms with Crippen LogP contribution in [0.4, 0.5) is 5.69 Å². The molecule has 1 aliphatic rings. The Morgan fingerprint density at radius 1 is 1.25 bits per heavy atom. The van der Waals surface area contributed by atoms with Gasteiger partial charge in [-0.05, 0) is 45.2 Å². The van der Waals surface area contributed by atoms with Crippen LogP contribution >= 0.6 is 0 Å². The minimum absolute atomic E-state index is 0.0835. The third kappa shape index (κ3) is 3.36. The maximum atomic E-state index is 9.18. The van der Waals surface area contributed by atoms with Crippen LogP contribution in [0.2, 0.25) is 0 Å². The molecule has 0 radical (unpaired) electrons. The topological polar surface area (TPSA) is 54.3 Å². The van der Waals surface area contributed by atoms with Crippen LogP contribution in [0.3, 0.4) is 0 Å². The molecule has 1 saturated carbocycles. The van der Waals surface area contributed by atoms with Gasteiger partial charge in [-0.3, -0.25) is 0 Å². The fourth-order valence-corrected chi connectivity index (χ4v) is 2.65. The maximum Gasteiger partial charge on any atom is 0.142 e. The first kappa shape index (κ1) is 14.5. The number of benzene rings is 1. The van der Waals surface area contributed by atoms with E-state index in [0.717, 1.165) is 36.4 Å². The van der Waals surface area contributed by atoms with Crippen molar-refractivity contribution in [2.75, 3.05) is 18.5 Å². The molecule has 2 unspecified atom stereocenters. The van der Waals surface area contributed by atoms with E-state index in [1.807, 2.05) is 32.0 Å². The second-order valence-electron chi connectivity index (χ2n) is 4.94. The molecule has 0 saturated heterocycles. The molecule has 2 rings (SSSR count). The number of hydrogen-bond donors (Lipinski definition) is 1. The highest BCUT2D eigenvalue weighted by molar-refractivity contribution is 5.60. The van der Waals surface area contributed by atoms with Crippen LogP contribution in [0.1, 0.15) is 33.1 Å². The van der Waals surface area contributed by atoms with Crippen molar-refractivity contribution in [3.05, 3.63) is 18.2 Å². The van der Waals surface area contributed by atoms with E-state index in [2.05, 4.69) is 11.4 Å². The smallest absolute Gasteiger partial charge is 0.142 e. The van der Waals surface area contributed by atoms with Crippen LogP contribution in [-0.2, 0) is 0 Å². The SMILES string of the molecule is CCOc1ccc(OCC)c(NC2CCCC2C#N)c1. The Balaban J connectivity index is 2.18. The summed E-state index contributed by atoms with van der Waals surface area (Å²) in [6.45, 7) is 5.19. The molecule has 108 valence electrons. The summed E-state index contributed by atoms with van der Waals surface area (Å²) in [4.78, 5) is 0. The molecular formula is C16H22N2O2. The number of ether oxygens (including phenoxy) is 2. The van der Waals surface area contributed by atoms with Gasteiger partial charge in [0.1, 0.15) is 11.5 Å². The molecule has 1 fully saturated rings. The molecule has 20 heavy (non-hydrogen) atoms. The van der Waals surface area contributed by atoms with Gasteiger partial charge in [0.05, 0.1) is 30.9 Å². The van der Waals surface area contributed by atoms with Crippen LogP contribution in [0, 0.1) is 17.2 Å². The highest BCUT2D eigenvalue weighted by Crippen LogP contribution is 2.34. The van der Waals surface area contributed by atoms with Crippen molar-refractivity contribution in [1.29, 1.82) is 5.26 Å². The van der Waals surface area contributed by atoms with Crippen molar-refractivity contribution in [2.24, 2.45) is 5.92 Å². The molecule has 4 heteroatoms. The normalized spacial score (nSPS) is 21.2. The van der Waals surface area contributed by atoms with Crippen LogP contribution in [0.25, 0.3) is 0 Å². The van der Waals surface area contributed by atoms with E-state index in [1.165, 1.54) is 0 Å². The third-order valence-corrected chi connectivity index (χ3v) is 3.58. The van der Waals surface area contributed by atoms with E-state index >= 15 is 0 Å². The predicted octanol–water partition coefficient (Wildman–Crippen LogP) is 3.59. The van der Waals surface area contributed by atoms with Crippen molar-refractivity contribution in [3.63, 3.8) is 0 Å². The van der Waals surface area contributed by atoms with Gasteiger partial charge in [0.15, 0.2) is 0 Å². The molecule has 0 bridgehead atoms. The van der Waals surface area contributed by atoms with Crippen LogP contribution in [-0.4, -0.2) is 19.3 Å². The first-order valence-electron chi connectivity index (χ1n) is 7.34. The zero-order chi connectivity index (χ0) is 14.4. The lowest BCUT2D eigenvalue weighted by atomic mass is 10.1. The average molecular weight is 274 g/mol. The standard InChI is InChI=1S/C16H22N2O2/c1-3-19-13-8-9-16(20-4-2)15(10-13)18-14-7-5-6-12(14)11-17/h8-10,12,14,18H,3-7H2,1-2H3. The molecule has 1 N–H and O–H groups in total. The lowest BCUT2D eigenvalue weighted by Gasteiger charge is -2.20. The van der Waals surface area contributed by atoms with Gasteiger partial charge in [0.2, 0.25) is 0 Å². The molecule has 0 aliphatic heterocycles. The molecule has 2 atom stereocenters. The highest BCUT2D eigenvalue weighted by atomic mass is 16.5. The molecule has 4 nitrogen and oxygen atoms in total. The fraction of sp³-hybridized carbons (Fsp3) is 0.562. The first-order valence-corrected chi connectivity index (χ1v) is 7.34. The zero-order valence-corrected chi connectivity index (χ0v) is 12.2. The maximum absolute atomic E-state index is 9.18. The summed E-state index contributed by atoms with van der Waals surface area (Å²) in [6, 6.07) is 8.39. The van der Waals surface area contributed by atoms with E-state index in [9.17, 15) is 5.26 Å². The van der Waals surface area contributed by atoms with Crippen molar-refractivity contribution in [3.8, 4) is 17.6 Å². The predicted molar refractivity (Wildman–Crippen MR) is 79.1 cm³/mol. The number of hydrogen-bond acceptors (Lipinski definition) is 4. The minimum atomic E-state index is 0.0835. The quantitative estimate of drug-likeness (QED) is 0.861. The summed E-state index contributed by atoms with van der Waals surface area (Å²) in [7, 11) is 0. The van der Waals surface area contributed by atoms with Crippen molar-refractivity contribution >= 4 is 5.69 Å². The number of nitrogens with one attached hydrogen (secondary N) is 1. The molecule has 0 amide bonds. The Morgan fingerprint density at radius 2 is 2.05 bits per heavy atom. The second kappa shape index (κ2) is 7.04. The summed E-state index contributed by atoms with van der Waals surface area (Å²) in [5, 5.41) is 12.6. The van der Waals surface area contributed by atoms with Gasteiger partial charge < -0.3 is 14.8 Å². The third-order valence-electron chi connectivity index (χ3n) is 3.58. The number of nitrogens with zero attached hydrogens (tertiary/aromatic N) is 1. The van der Waals surface area contributed by atoms with E-state index in [4.69, 9.17) is 9.47 Å². The molecule has 1 aromatic carbocycles. The van der Waals surface area contributed by atoms with Crippen LogP contribution < -0.4 is 14.8 Å². The first-order chi connectivity index (χ1) is 9.78. The summed E-state index contributed by atoms with van der Waals surface area (Å²) < 4.78 is 11.2. The monoisotopic (exact) mass is 274 g/mol. The van der Waals surface area contributed by atoms with Gasteiger partial charge in [-0.25, -0.2) is 0 Å². The van der Waals surface area contributed by atoms with Gasteiger partial charge >= 0.3 is 0 Å². The summed E-state index contributed by atoms with van der Waals surface area (Å²) in [5.74, 6) is 1.73. The Bertz CT molecular complexity index is 482. The Kier molecular flexibility index (Phi) is 5.11. The number of anilines is 1. The average Bonchev–Trinajstić information content (AvgIpc) is 2.89. The largest absolute Gasteiger partial charge is 0.494 e. The summed E-state index contributed by atoms with van der Waals surface area (Å²) in [6.07, 6.45) is 3.11. The van der Waals surface area contributed by atoms with Crippen LogP contribution in [0.5, 0.6) is 11.5 Å². The molecule has 0 spiro atoms. The minimum Gasteiger partial charge on any atom is -0.494 e. The Morgan fingerprint density at radius 3 is 2.75 bits per heavy atom. The van der Waals surface area contributed by atoms with Crippen molar-refractivity contribution in [2.45, 2.75) is 39.2 Å². The number of rotatable bonds is 6. The molecule has 0 heterocycles. The summed E-state index contributed by atoms with van der Waals surface area (Å²) in [5.41, 5.74) is 0.921. The van der Waals surface area contributed by atoms with Gasteiger partial charge in [-0.2, -0.15) is 5.26 Å². The summed E-state index contributed by atoms with van der Waals surface area (Å²) >= 11 is 0. The van der Waals surface area contributed by atoms with E-state index < -0.39 is 0 Å². The van der Waals surface area contributed by atoms with E-state index in [1.54, 1.807) is 0 Å². The zero-order valence-electron chi connectivity index (χ0n) is 12.2. The Hall–Kier alpha value is -1.89. The van der Waals surface area contributed by atoms with Gasteiger partial charge in [0.25, 0.3) is 0 Å². The van der Waals surface area contributed by atoms with Gasteiger partial charge in [-0.15, -0.1) is 0 Å². The number of nitriles is 1. The molecule has 1 aromatic rings. The lowest BCUT2D eigenvalue weighted by Crippen LogP contribution is -2.23. The highest BCUT2D eigenvalue weighted by Gasteiger charge is 2.27.